The van der Waals surface area contributed by atoms with Gasteiger partial charge in [-0.1, -0.05) is 46.3 Å². The molecule has 2 aromatic carbocycles. The van der Waals surface area contributed by atoms with Gasteiger partial charge in [-0.15, -0.1) is 0 Å². The van der Waals surface area contributed by atoms with Crippen molar-refractivity contribution in [2.75, 3.05) is 7.05 Å². The van der Waals surface area contributed by atoms with Crippen LogP contribution in [-0.4, -0.2) is 17.7 Å². The molecule has 1 heterocycles. The second-order valence-electron chi connectivity index (χ2n) is 5.74. The first kappa shape index (κ1) is 17.5. The number of hydrogen-bond donors (Lipinski definition) is 1. The zero-order valence-electron chi connectivity index (χ0n) is 13.1. The third-order valence-electron chi connectivity index (χ3n) is 4.20. The van der Waals surface area contributed by atoms with Crippen molar-refractivity contribution >= 4 is 27.3 Å². The van der Waals surface area contributed by atoms with Crippen LogP contribution in [0.2, 0.25) is 0 Å². The first-order valence-electron chi connectivity index (χ1n) is 7.40. The number of carbonyl (C=O) groups is 1. The van der Waals surface area contributed by atoms with Crippen LogP contribution in [0.1, 0.15) is 22.7 Å². The molecule has 1 unspecified atom stereocenters. The third-order valence-corrected chi connectivity index (χ3v) is 4.92. The fourth-order valence-electron chi connectivity index (χ4n) is 2.94. The second kappa shape index (κ2) is 6.22. The maximum atomic E-state index is 13.0. The predicted octanol–water partition coefficient (Wildman–Crippen LogP) is 4.35. The number of likely N-dealkylation sites (N-methyl/N-ethyl adjacent to an activating group) is 1. The lowest BCUT2D eigenvalue weighted by Gasteiger charge is -2.22. The molecule has 0 aliphatic carbocycles. The summed E-state index contributed by atoms with van der Waals surface area (Å²) in [6.07, 6.45) is -4.49. The zero-order chi connectivity index (χ0) is 18.4. The standard InChI is InChI=1S/C18H14BrF3N2O/c1-24-15(12-7-2-3-8-13(12)19)16(25)14(17(24)23)10-5-4-6-11(9-10)18(20,21)22/h2-9,15H,23H2,1H3. The number of rotatable bonds is 2. The lowest BCUT2D eigenvalue weighted by molar-refractivity contribution is -0.137. The first-order chi connectivity index (χ1) is 11.7. The maximum absolute atomic E-state index is 13.0. The first-order valence-corrected chi connectivity index (χ1v) is 8.20. The van der Waals surface area contributed by atoms with E-state index in [1.807, 2.05) is 6.07 Å². The van der Waals surface area contributed by atoms with Crippen molar-refractivity contribution in [1.29, 1.82) is 0 Å². The summed E-state index contributed by atoms with van der Waals surface area (Å²) < 4.78 is 39.6. The fraction of sp³-hybridized carbons (Fsp3) is 0.167. The number of nitrogens with zero attached hydrogens (tertiary/aromatic N) is 1. The van der Waals surface area contributed by atoms with Gasteiger partial charge in [0.05, 0.1) is 11.1 Å². The molecule has 1 atom stereocenters. The maximum Gasteiger partial charge on any atom is 0.416 e. The molecular formula is C18H14BrF3N2O. The smallest absolute Gasteiger partial charge is 0.385 e. The Morgan fingerprint density at radius 3 is 2.44 bits per heavy atom. The van der Waals surface area contributed by atoms with Crippen LogP contribution in [0.5, 0.6) is 0 Å². The Labute approximate surface area is 151 Å². The van der Waals surface area contributed by atoms with Crippen LogP contribution >= 0.6 is 15.9 Å². The molecular weight excluding hydrogens is 397 g/mol. The van der Waals surface area contributed by atoms with E-state index in [4.69, 9.17) is 5.73 Å². The highest BCUT2D eigenvalue weighted by Gasteiger charge is 2.39. The number of alkyl halides is 3. The second-order valence-corrected chi connectivity index (χ2v) is 6.59. The van der Waals surface area contributed by atoms with Gasteiger partial charge < -0.3 is 10.6 Å². The minimum atomic E-state index is -4.49. The van der Waals surface area contributed by atoms with Gasteiger partial charge in [-0.25, -0.2) is 0 Å². The Morgan fingerprint density at radius 1 is 1.12 bits per heavy atom. The molecule has 2 aromatic rings. The van der Waals surface area contributed by atoms with Gasteiger partial charge in [0.15, 0.2) is 5.78 Å². The van der Waals surface area contributed by atoms with E-state index in [1.165, 1.54) is 12.1 Å². The molecule has 0 saturated heterocycles. The lowest BCUT2D eigenvalue weighted by Crippen LogP contribution is -2.26. The summed E-state index contributed by atoms with van der Waals surface area (Å²) in [5.74, 6) is -0.170. The van der Waals surface area contributed by atoms with E-state index in [-0.39, 0.29) is 22.7 Å². The largest absolute Gasteiger partial charge is 0.416 e. The van der Waals surface area contributed by atoms with E-state index in [1.54, 1.807) is 30.1 Å². The molecule has 2 N–H and O–H groups in total. The van der Waals surface area contributed by atoms with E-state index in [2.05, 4.69) is 15.9 Å². The van der Waals surface area contributed by atoms with Crippen LogP contribution < -0.4 is 5.73 Å². The number of Topliss-reactive ketones (excluding diaryl/α,β-unsaturated/α-hetero) is 1. The van der Waals surface area contributed by atoms with Gasteiger partial charge in [0.1, 0.15) is 11.9 Å². The van der Waals surface area contributed by atoms with E-state index < -0.39 is 17.8 Å². The van der Waals surface area contributed by atoms with Gasteiger partial charge in [0.2, 0.25) is 0 Å². The van der Waals surface area contributed by atoms with E-state index >= 15 is 0 Å². The summed E-state index contributed by atoms with van der Waals surface area (Å²) in [5, 5.41) is 0. The molecule has 3 nitrogen and oxygen atoms in total. The average Bonchev–Trinajstić information content (AvgIpc) is 2.77. The van der Waals surface area contributed by atoms with Gasteiger partial charge in [-0.2, -0.15) is 13.2 Å². The quantitative estimate of drug-likeness (QED) is 0.800. The van der Waals surface area contributed by atoms with Crippen molar-refractivity contribution in [2.24, 2.45) is 5.73 Å². The molecule has 1 aliphatic rings. The Morgan fingerprint density at radius 2 is 1.80 bits per heavy atom. The van der Waals surface area contributed by atoms with Crippen LogP contribution in [0.15, 0.2) is 58.8 Å². The summed E-state index contributed by atoms with van der Waals surface area (Å²) in [4.78, 5) is 14.5. The number of carbonyl (C=O) groups excluding carboxylic acids is 1. The van der Waals surface area contributed by atoms with Gasteiger partial charge in [-0.3, -0.25) is 4.79 Å². The van der Waals surface area contributed by atoms with Crippen molar-refractivity contribution < 1.29 is 18.0 Å². The van der Waals surface area contributed by atoms with E-state index in [9.17, 15) is 18.0 Å². The van der Waals surface area contributed by atoms with Crippen LogP contribution in [0.4, 0.5) is 13.2 Å². The molecule has 0 bridgehead atoms. The van der Waals surface area contributed by atoms with E-state index in [0.717, 1.165) is 16.6 Å². The van der Waals surface area contributed by atoms with Gasteiger partial charge in [0.25, 0.3) is 0 Å². The Kier molecular flexibility index (Phi) is 4.36. The molecule has 3 rings (SSSR count). The molecule has 0 amide bonds. The Balaban J connectivity index is 2.07. The minimum absolute atomic E-state index is 0.106. The molecule has 0 spiro atoms. The van der Waals surface area contributed by atoms with Crippen molar-refractivity contribution in [3.63, 3.8) is 0 Å². The number of hydrogen-bond acceptors (Lipinski definition) is 3. The van der Waals surface area contributed by atoms with Crippen molar-refractivity contribution in [3.05, 3.63) is 75.5 Å². The highest BCUT2D eigenvalue weighted by Crippen LogP contribution is 2.41. The van der Waals surface area contributed by atoms with E-state index in [0.29, 0.717) is 5.56 Å². The highest BCUT2D eigenvalue weighted by atomic mass is 79.9. The summed E-state index contributed by atoms with van der Waals surface area (Å²) in [5.41, 5.74) is 6.23. The Bertz CT molecular complexity index is 877. The van der Waals surface area contributed by atoms with Gasteiger partial charge >= 0.3 is 6.18 Å². The summed E-state index contributed by atoms with van der Waals surface area (Å²) in [6.45, 7) is 0. The lowest BCUT2D eigenvalue weighted by atomic mass is 9.95. The molecule has 0 fully saturated rings. The Hall–Kier alpha value is -2.28. The monoisotopic (exact) mass is 410 g/mol. The zero-order valence-corrected chi connectivity index (χ0v) is 14.7. The summed E-state index contributed by atoms with van der Waals surface area (Å²) in [7, 11) is 1.65. The van der Waals surface area contributed by atoms with Crippen LogP contribution in [-0.2, 0) is 11.0 Å². The van der Waals surface area contributed by atoms with Crippen LogP contribution in [0, 0.1) is 0 Å². The van der Waals surface area contributed by atoms with Crippen LogP contribution in [0.25, 0.3) is 5.57 Å². The number of halogens is 4. The summed E-state index contributed by atoms with van der Waals surface area (Å²) >= 11 is 3.41. The molecule has 0 saturated carbocycles. The normalized spacial score (nSPS) is 18.2. The van der Waals surface area contributed by atoms with Crippen molar-refractivity contribution in [2.45, 2.75) is 12.2 Å². The third kappa shape index (κ3) is 3.04. The fourth-order valence-corrected chi connectivity index (χ4v) is 3.44. The van der Waals surface area contributed by atoms with Crippen molar-refractivity contribution in [3.8, 4) is 0 Å². The highest BCUT2D eigenvalue weighted by molar-refractivity contribution is 9.10. The van der Waals surface area contributed by atoms with Gasteiger partial charge in [0, 0.05) is 11.5 Å². The molecule has 1 aliphatic heterocycles. The molecule has 0 radical (unpaired) electrons. The average molecular weight is 411 g/mol. The number of nitrogens with two attached hydrogens (primary N) is 1. The predicted molar refractivity (Wildman–Crippen MR) is 92.2 cm³/mol. The minimum Gasteiger partial charge on any atom is -0.385 e. The SMILES string of the molecule is CN1C(N)=C(c2cccc(C(F)(F)F)c2)C(=O)C1c1ccccc1Br. The number of ketones is 1. The molecule has 0 aromatic heterocycles. The van der Waals surface area contributed by atoms with Gasteiger partial charge in [-0.05, 0) is 29.3 Å². The molecule has 7 heteroatoms. The van der Waals surface area contributed by atoms with Crippen molar-refractivity contribution in [1.82, 2.24) is 4.90 Å². The molecule has 25 heavy (non-hydrogen) atoms. The molecule has 130 valence electrons. The summed E-state index contributed by atoms with van der Waals surface area (Å²) in [6, 6.07) is 11.2. The topological polar surface area (TPSA) is 46.3 Å². The van der Waals surface area contributed by atoms with Crippen LogP contribution in [0.3, 0.4) is 0 Å². The number of benzene rings is 2.